The molecule has 0 atom stereocenters. The molecule has 0 spiro atoms. The fourth-order valence-electron chi connectivity index (χ4n) is 2.45. The third kappa shape index (κ3) is 3.23. The summed E-state index contributed by atoms with van der Waals surface area (Å²) in [5, 5.41) is 6.64. The number of hydrogen-bond acceptors (Lipinski definition) is 2. The maximum absolute atomic E-state index is 12.4. The van der Waals surface area contributed by atoms with E-state index < -0.39 is 0 Å². The van der Waals surface area contributed by atoms with Gasteiger partial charge in [-0.05, 0) is 47.9 Å². The van der Waals surface area contributed by atoms with Gasteiger partial charge in [-0.15, -0.1) is 0 Å². The molecule has 0 bridgehead atoms. The Morgan fingerprint density at radius 1 is 0.913 bits per heavy atom. The highest BCUT2D eigenvalue weighted by Gasteiger charge is 2.08. The van der Waals surface area contributed by atoms with Crippen LogP contribution in [-0.2, 0) is 11.8 Å². The first kappa shape index (κ1) is 14.8. The van der Waals surface area contributed by atoms with Crippen LogP contribution in [0.3, 0.4) is 0 Å². The van der Waals surface area contributed by atoms with Crippen molar-refractivity contribution in [2.24, 2.45) is 7.05 Å². The molecule has 3 aromatic rings. The van der Waals surface area contributed by atoms with Crippen molar-refractivity contribution >= 4 is 34.1 Å². The SMILES string of the molecule is CC(=O)Nc1ccc(NC(=O)c2ccc3ccn(C)c3c2)cc1. The van der Waals surface area contributed by atoms with Crippen LogP contribution < -0.4 is 10.6 Å². The number of carbonyl (C=O) groups is 2. The molecule has 0 aliphatic rings. The zero-order chi connectivity index (χ0) is 16.4. The van der Waals surface area contributed by atoms with Crippen molar-refractivity contribution in [1.82, 2.24) is 4.57 Å². The van der Waals surface area contributed by atoms with Gasteiger partial charge in [0.15, 0.2) is 0 Å². The normalized spacial score (nSPS) is 10.5. The van der Waals surface area contributed by atoms with Crippen LogP contribution in [0, 0.1) is 0 Å². The number of carbonyl (C=O) groups excluding carboxylic acids is 2. The molecule has 0 unspecified atom stereocenters. The summed E-state index contributed by atoms with van der Waals surface area (Å²) in [6.07, 6.45) is 1.97. The van der Waals surface area contributed by atoms with E-state index >= 15 is 0 Å². The van der Waals surface area contributed by atoms with Crippen molar-refractivity contribution in [2.45, 2.75) is 6.92 Å². The summed E-state index contributed by atoms with van der Waals surface area (Å²) in [6.45, 7) is 1.45. The van der Waals surface area contributed by atoms with E-state index in [0.29, 0.717) is 16.9 Å². The van der Waals surface area contributed by atoms with Crippen molar-refractivity contribution in [2.75, 3.05) is 10.6 Å². The quantitative estimate of drug-likeness (QED) is 0.779. The Hall–Kier alpha value is -3.08. The van der Waals surface area contributed by atoms with E-state index in [0.717, 1.165) is 10.9 Å². The van der Waals surface area contributed by atoms with Gasteiger partial charge >= 0.3 is 0 Å². The number of fused-ring (bicyclic) bond motifs is 1. The molecule has 1 aromatic heterocycles. The molecule has 3 rings (SSSR count). The summed E-state index contributed by atoms with van der Waals surface area (Å²) in [7, 11) is 1.95. The van der Waals surface area contributed by atoms with E-state index in [1.807, 2.05) is 42.1 Å². The Kier molecular flexibility index (Phi) is 3.85. The second-order valence-corrected chi connectivity index (χ2v) is 5.41. The van der Waals surface area contributed by atoms with Crippen LogP contribution in [0.25, 0.3) is 10.9 Å². The molecule has 0 fully saturated rings. The number of nitrogens with zero attached hydrogens (tertiary/aromatic N) is 1. The summed E-state index contributed by atoms with van der Waals surface area (Å²) < 4.78 is 1.98. The molecular formula is C18H17N3O2. The molecule has 2 aromatic carbocycles. The Bertz CT molecular complexity index is 879. The summed E-state index contributed by atoms with van der Waals surface area (Å²) in [4.78, 5) is 23.4. The van der Waals surface area contributed by atoms with Gasteiger partial charge in [0.1, 0.15) is 0 Å². The minimum Gasteiger partial charge on any atom is -0.351 e. The van der Waals surface area contributed by atoms with Crippen LogP contribution in [0.5, 0.6) is 0 Å². The number of rotatable bonds is 3. The van der Waals surface area contributed by atoms with Gasteiger partial charge in [0.25, 0.3) is 5.91 Å². The highest BCUT2D eigenvalue weighted by molar-refractivity contribution is 6.06. The average molecular weight is 307 g/mol. The van der Waals surface area contributed by atoms with Gasteiger partial charge in [0.2, 0.25) is 5.91 Å². The lowest BCUT2D eigenvalue weighted by atomic mass is 10.1. The lowest BCUT2D eigenvalue weighted by molar-refractivity contribution is -0.114. The molecule has 23 heavy (non-hydrogen) atoms. The molecule has 5 heteroatoms. The van der Waals surface area contributed by atoms with Crippen molar-refractivity contribution in [1.29, 1.82) is 0 Å². The van der Waals surface area contributed by atoms with Crippen LogP contribution in [-0.4, -0.2) is 16.4 Å². The monoisotopic (exact) mass is 307 g/mol. The average Bonchev–Trinajstić information content (AvgIpc) is 2.89. The Labute approximate surface area is 133 Å². The summed E-state index contributed by atoms with van der Waals surface area (Å²) in [6, 6.07) is 14.6. The summed E-state index contributed by atoms with van der Waals surface area (Å²) >= 11 is 0. The predicted octanol–water partition coefficient (Wildman–Crippen LogP) is 3.39. The third-order valence-corrected chi connectivity index (χ3v) is 3.61. The van der Waals surface area contributed by atoms with Crippen molar-refractivity contribution < 1.29 is 9.59 Å². The standard InChI is InChI=1S/C18H17N3O2/c1-12(22)19-15-5-7-16(8-6-15)20-18(23)14-4-3-13-9-10-21(2)17(13)11-14/h3-11H,1-2H3,(H,19,22)(H,20,23). The zero-order valence-corrected chi connectivity index (χ0v) is 13.0. The topological polar surface area (TPSA) is 63.1 Å². The van der Waals surface area contributed by atoms with E-state index in [1.54, 1.807) is 24.3 Å². The van der Waals surface area contributed by atoms with E-state index in [-0.39, 0.29) is 11.8 Å². The molecule has 0 saturated carbocycles. The molecule has 2 N–H and O–H groups in total. The van der Waals surface area contributed by atoms with Gasteiger partial charge in [0.05, 0.1) is 0 Å². The molecule has 1 heterocycles. The molecule has 116 valence electrons. The minimum atomic E-state index is -0.166. The maximum Gasteiger partial charge on any atom is 0.255 e. The Morgan fingerprint density at radius 2 is 1.57 bits per heavy atom. The lowest BCUT2D eigenvalue weighted by Gasteiger charge is -2.07. The Morgan fingerprint density at radius 3 is 2.22 bits per heavy atom. The van der Waals surface area contributed by atoms with E-state index in [4.69, 9.17) is 0 Å². The first-order chi connectivity index (χ1) is 11.0. The lowest BCUT2D eigenvalue weighted by Crippen LogP contribution is -2.12. The number of aromatic nitrogens is 1. The van der Waals surface area contributed by atoms with Crippen LogP contribution in [0.4, 0.5) is 11.4 Å². The number of anilines is 2. The van der Waals surface area contributed by atoms with Crippen LogP contribution >= 0.6 is 0 Å². The second kappa shape index (κ2) is 5.96. The maximum atomic E-state index is 12.4. The zero-order valence-electron chi connectivity index (χ0n) is 13.0. The van der Waals surface area contributed by atoms with Gasteiger partial charge in [-0.2, -0.15) is 0 Å². The molecule has 0 aliphatic heterocycles. The highest BCUT2D eigenvalue weighted by atomic mass is 16.2. The van der Waals surface area contributed by atoms with Crippen LogP contribution in [0.2, 0.25) is 0 Å². The summed E-state index contributed by atoms with van der Waals surface area (Å²) in [5.41, 5.74) is 2.99. The van der Waals surface area contributed by atoms with E-state index in [9.17, 15) is 9.59 Å². The molecule has 0 radical (unpaired) electrons. The fourth-order valence-corrected chi connectivity index (χ4v) is 2.45. The first-order valence-corrected chi connectivity index (χ1v) is 7.27. The van der Waals surface area contributed by atoms with Crippen molar-refractivity contribution in [3.8, 4) is 0 Å². The molecule has 0 saturated heterocycles. The second-order valence-electron chi connectivity index (χ2n) is 5.41. The molecular weight excluding hydrogens is 290 g/mol. The minimum absolute atomic E-state index is 0.127. The van der Waals surface area contributed by atoms with Gasteiger partial charge in [-0.3, -0.25) is 9.59 Å². The largest absolute Gasteiger partial charge is 0.351 e. The highest BCUT2D eigenvalue weighted by Crippen LogP contribution is 2.19. The molecule has 2 amide bonds. The van der Waals surface area contributed by atoms with E-state index in [2.05, 4.69) is 10.6 Å². The number of hydrogen-bond donors (Lipinski definition) is 2. The summed E-state index contributed by atoms with van der Waals surface area (Å²) in [5.74, 6) is -0.293. The van der Waals surface area contributed by atoms with Gasteiger partial charge in [-0.25, -0.2) is 0 Å². The molecule has 5 nitrogen and oxygen atoms in total. The first-order valence-electron chi connectivity index (χ1n) is 7.27. The third-order valence-electron chi connectivity index (χ3n) is 3.61. The van der Waals surface area contributed by atoms with Gasteiger partial charge in [-0.1, -0.05) is 6.07 Å². The number of nitrogens with one attached hydrogen (secondary N) is 2. The number of amides is 2. The van der Waals surface area contributed by atoms with Crippen molar-refractivity contribution in [3.05, 3.63) is 60.3 Å². The van der Waals surface area contributed by atoms with E-state index in [1.165, 1.54) is 6.92 Å². The van der Waals surface area contributed by atoms with Crippen molar-refractivity contribution in [3.63, 3.8) is 0 Å². The smallest absolute Gasteiger partial charge is 0.255 e. The molecule has 0 aliphatic carbocycles. The number of aryl methyl sites for hydroxylation is 1. The Balaban J connectivity index is 1.77. The van der Waals surface area contributed by atoms with Gasteiger partial charge < -0.3 is 15.2 Å². The van der Waals surface area contributed by atoms with Crippen LogP contribution in [0.15, 0.2) is 54.7 Å². The van der Waals surface area contributed by atoms with Gasteiger partial charge in [0, 0.05) is 42.6 Å². The predicted molar refractivity (Wildman–Crippen MR) is 91.6 cm³/mol. The fraction of sp³-hybridized carbons (Fsp3) is 0.111. The van der Waals surface area contributed by atoms with Crippen LogP contribution in [0.1, 0.15) is 17.3 Å². The number of benzene rings is 2.